The van der Waals surface area contributed by atoms with Gasteiger partial charge in [-0.1, -0.05) is 40.6 Å². The zero-order valence-electron chi connectivity index (χ0n) is 19.7. The van der Waals surface area contributed by atoms with Gasteiger partial charge in [0.25, 0.3) is 5.78 Å². The Hall–Kier alpha value is -3.79. The number of nitrogens with zero attached hydrogens (tertiary/aromatic N) is 2. The molecular formula is C27H18Cl2N2O6S. The first-order valence-corrected chi connectivity index (χ1v) is 13.0. The number of anilines is 1. The number of thiazole rings is 1. The molecule has 0 bridgehead atoms. The summed E-state index contributed by atoms with van der Waals surface area (Å²) < 4.78 is 17.3. The van der Waals surface area contributed by atoms with Crippen LogP contribution in [0.3, 0.4) is 0 Å². The zero-order chi connectivity index (χ0) is 26.6. The Kier molecular flexibility index (Phi) is 6.14. The Morgan fingerprint density at radius 3 is 2.58 bits per heavy atom. The van der Waals surface area contributed by atoms with Crippen LogP contribution in [0.5, 0.6) is 17.2 Å². The number of hydrogen-bond acceptors (Lipinski definition) is 8. The number of hydrogen-bond donors (Lipinski definition) is 1. The van der Waals surface area contributed by atoms with Crippen molar-refractivity contribution >= 4 is 67.3 Å². The van der Waals surface area contributed by atoms with Gasteiger partial charge < -0.3 is 19.3 Å². The van der Waals surface area contributed by atoms with Gasteiger partial charge in [0.2, 0.25) is 0 Å². The van der Waals surface area contributed by atoms with Crippen LogP contribution in [0, 0.1) is 0 Å². The maximum atomic E-state index is 13.5. The minimum atomic E-state index is -1.01. The summed E-state index contributed by atoms with van der Waals surface area (Å²) in [5.74, 6) is -0.451. The van der Waals surface area contributed by atoms with Crippen molar-refractivity contribution in [1.82, 2.24) is 4.98 Å². The highest BCUT2D eigenvalue weighted by molar-refractivity contribution is 7.22. The molecule has 1 fully saturated rings. The van der Waals surface area contributed by atoms with Crippen molar-refractivity contribution in [2.75, 3.05) is 25.2 Å². The standard InChI is InChI=1S/C27H18Cl2N2O6S/c1-35-15-4-6-18-21(12-15)38-27(30-18)31-23(13-2-5-16(28)17(29)10-13)22(25(33)26(31)34)24(32)14-3-7-19-20(11-14)37-9-8-36-19/h2-7,10-12,23,32H,8-9H2,1H3/b24-22+. The van der Waals surface area contributed by atoms with Crippen LogP contribution < -0.4 is 19.1 Å². The van der Waals surface area contributed by atoms with Gasteiger partial charge in [0.15, 0.2) is 16.6 Å². The summed E-state index contributed by atoms with van der Waals surface area (Å²) in [7, 11) is 1.56. The fourth-order valence-corrected chi connectivity index (χ4v) is 5.82. The highest BCUT2D eigenvalue weighted by atomic mass is 35.5. The third-order valence-corrected chi connectivity index (χ3v) is 8.07. The van der Waals surface area contributed by atoms with Crippen molar-refractivity contribution in [3.63, 3.8) is 0 Å². The molecule has 1 unspecified atom stereocenters. The number of methoxy groups -OCH3 is 1. The molecule has 0 spiro atoms. The quantitative estimate of drug-likeness (QED) is 0.183. The van der Waals surface area contributed by atoms with Crippen LogP contribution >= 0.6 is 34.5 Å². The van der Waals surface area contributed by atoms with Gasteiger partial charge in [0.05, 0.1) is 39.0 Å². The van der Waals surface area contributed by atoms with Gasteiger partial charge in [-0.3, -0.25) is 14.5 Å². The van der Waals surface area contributed by atoms with E-state index >= 15 is 0 Å². The van der Waals surface area contributed by atoms with Crippen molar-refractivity contribution in [3.8, 4) is 17.2 Å². The predicted molar refractivity (Wildman–Crippen MR) is 145 cm³/mol. The minimum Gasteiger partial charge on any atom is -0.507 e. The maximum absolute atomic E-state index is 13.5. The predicted octanol–water partition coefficient (Wildman–Crippen LogP) is 6.01. The summed E-state index contributed by atoms with van der Waals surface area (Å²) in [5.41, 5.74) is 1.30. The second kappa shape index (κ2) is 9.50. The first-order chi connectivity index (χ1) is 18.4. The van der Waals surface area contributed by atoms with E-state index in [9.17, 15) is 14.7 Å². The molecule has 2 aliphatic heterocycles. The molecule has 1 atom stereocenters. The van der Waals surface area contributed by atoms with E-state index in [0.717, 1.165) is 4.70 Å². The van der Waals surface area contributed by atoms with Crippen LogP contribution in [0.2, 0.25) is 10.0 Å². The molecule has 1 saturated heterocycles. The second-order valence-electron chi connectivity index (χ2n) is 8.53. The van der Waals surface area contributed by atoms with Crippen LogP contribution in [0.25, 0.3) is 16.0 Å². The molecular weight excluding hydrogens is 551 g/mol. The number of Topliss-reactive ketones (excluding diaryl/α,β-unsaturated/α-hetero) is 1. The fourth-order valence-electron chi connectivity index (χ4n) is 4.50. The molecule has 0 radical (unpaired) electrons. The van der Waals surface area contributed by atoms with E-state index in [-0.39, 0.29) is 21.5 Å². The number of carbonyl (C=O) groups is 2. The number of amides is 1. The number of aliphatic hydroxyl groups excluding tert-OH is 1. The zero-order valence-corrected chi connectivity index (χ0v) is 22.1. The minimum absolute atomic E-state index is 0.109. The molecule has 1 aromatic heterocycles. The summed E-state index contributed by atoms with van der Waals surface area (Å²) >= 11 is 13.7. The number of rotatable bonds is 4. The highest BCUT2D eigenvalue weighted by Gasteiger charge is 2.48. The van der Waals surface area contributed by atoms with Gasteiger partial charge in [-0.25, -0.2) is 4.98 Å². The third kappa shape index (κ3) is 4.03. The first-order valence-electron chi connectivity index (χ1n) is 11.5. The lowest BCUT2D eigenvalue weighted by molar-refractivity contribution is -0.132. The molecule has 11 heteroatoms. The van der Waals surface area contributed by atoms with E-state index in [1.165, 1.54) is 16.2 Å². The fraction of sp³-hybridized carbons (Fsp3) is 0.148. The molecule has 3 heterocycles. The number of aliphatic hydroxyl groups is 1. The monoisotopic (exact) mass is 568 g/mol. The van der Waals surface area contributed by atoms with Crippen molar-refractivity contribution < 1.29 is 28.9 Å². The number of halogens is 2. The van der Waals surface area contributed by atoms with Gasteiger partial charge in [-0.15, -0.1) is 0 Å². The van der Waals surface area contributed by atoms with Gasteiger partial charge in [0.1, 0.15) is 24.7 Å². The molecule has 6 rings (SSSR count). The van der Waals surface area contributed by atoms with Crippen LogP contribution in [0.1, 0.15) is 17.2 Å². The van der Waals surface area contributed by atoms with Crippen molar-refractivity contribution in [2.45, 2.75) is 6.04 Å². The summed E-state index contributed by atoms with van der Waals surface area (Å²) in [6, 6.07) is 14.0. The average Bonchev–Trinajstić information content (AvgIpc) is 3.47. The van der Waals surface area contributed by atoms with Gasteiger partial charge >= 0.3 is 5.91 Å². The van der Waals surface area contributed by atoms with Crippen LogP contribution in [0.15, 0.2) is 60.2 Å². The Balaban J connectivity index is 1.54. The van der Waals surface area contributed by atoms with Crippen molar-refractivity contribution in [1.29, 1.82) is 0 Å². The highest BCUT2D eigenvalue weighted by Crippen LogP contribution is 2.46. The topological polar surface area (TPSA) is 98.2 Å². The summed E-state index contributed by atoms with van der Waals surface area (Å²) in [4.78, 5) is 32.9. The molecule has 8 nitrogen and oxygen atoms in total. The van der Waals surface area contributed by atoms with Crippen LogP contribution in [0.4, 0.5) is 5.13 Å². The van der Waals surface area contributed by atoms with E-state index in [1.807, 2.05) is 0 Å². The first kappa shape index (κ1) is 24.5. The molecule has 4 aromatic rings. The van der Waals surface area contributed by atoms with E-state index in [2.05, 4.69) is 4.98 Å². The van der Waals surface area contributed by atoms with Gasteiger partial charge in [-0.05, 0) is 54.1 Å². The molecule has 2 aliphatic rings. The number of aromatic nitrogens is 1. The smallest absolute Gasteiger partial charge is 0.301 e. The normalized spacial score (nSPS) is 18.3. The van der Waals surface area contributed by atoms with Gasteiger partial charge in [-0.2, -0.15) is 0 Å². The maximum Gasteiger partial charge on any atom is 0.301 e. The Morgan fingerprint density at radius 2 is 1.82 bits per heavy atom. The third-order valence-electron chi connectivity index (χ3n) is 6.31. The largest absolute Gasteiger partial charge is 0.507 e. The van der Waals surface area contributed by atoms with Crippen LogP contribution in [-0.2, 0) is 9.59 Å². The number of fused-ring (bicyclic) bond motifs is 2. The molecule has 1 N–H and O–H groups in total. The Bertz CT molecular complexity index is 1670. The molecule has 38 heavy (non-hydrogen) atoms. The van der Waals surface area contributed by atoms with Crippen molar-refractivity contribution in [2.24, 2.45) is 0 Å². The lowest BCUT2D eigenvalue weighted by Gasteiger charge is -2.23. The van der Waals surface area contributed by atoms with Crippen LogP contribution in [-0.4, -0.2) is 42.1 Å². The summed E-state index contributed by atoms with van der Waals surface area (Å²) in [6.07, 6.45) is 0. The molecule has 3 aromatic carbocycles. The van der Waals surface area contributed by atoms with E-state index < -0.39 is 17.7 Å². The molecule has 0 saturated carbocycles. The molecule has 1 amide bonds. The second-order valence-corrected chi connectivity index (χ2v) is 10.4. The summed E-state index contributed by atoms with van der Waals surface area (Å²) in [6.45, 7) is 0.766. The average molecular weight is 569 g/mol. The lowest BCUT2D eigenvalue weighted by atomic mass is 9.95. The number of carbonyl (C=O) groups excluding carboxylic acids is 2. The SMILES string of the molecule is COc1ccc2nc(N3C(=O)C(=O)/C(=C(/O)c4ccc5c(c4)OCCO5)C3c3ccc(Cl)c(Cl)c3)sc2c1. The Morgan fingerprint density at radius 1 is 1.03 bits per heavy atom. The van der Waals surface area contributed by atoms with E-state index in [0.29, 0.717) is 52.1 Å². The van der Waals surface area contributed by atoms with E-state index in [4.69, 9.17) is 37.4 Å². The number of benzene rings is 3. The number of ketones is 1. The van der Waals surface area contributed by atoms with E-state index in [1.54, 1.807) is 61.7 Å². The summed E-state index contributed by atoms with van der Waals surface area (Å²) in [5, 5.41) is 12.3. The van der Waals surface area contributed by atoms with Gasteiger partial charge in [0, 0.05) is 5.56 Å². The lowest BCUT2D eigenvalue weighted by Crippen LogP contribution is -2.29. The van der Waals surface area contributed by atoms with Crippen molar-refractivity contribution in [3.05, 3.63) is 81.3 Å². The molecule has 0 aliphatic carbocycles. The number of ether oxygens (including phenoxy) is 3. The Labute approximate surface area is 230 Å². The molecule has 192 valence electrons.